The van der Waals surface area contributed by atoms with Gasteiger partial charge in [-0.25, -0.2) is 4.79 Å². The first-order valence-corrected chi connectivity index (χ1v) is 5.63. The number of hydrogen-bond acceptors (Lipinski definition) is 3. The zero-order chi connectivity index (χ0) is 13.5. The molecule has 1 aromatic carbocycles. The van der Waals surface area contributed by atoms with Gasteiger partial charge in [0.05, 0.1) is 0 Å². The number of thiocarbonyl (C=S) groups is 1. The second-order valence-electron chi connectivity index (χ2n) is 3.49. The van der Waals surface area contributed by atoms with Gasteiger partial charge in [-0.2, -0.15) is 0 Å². The summed E-state index contributed by atoms with van der Waals surface area (Å²) in [5.41, 5.74) is 11.4. The zero-order valence-electron chi connectivity index (χ0n) is 9.60. The Bertz CT molecular complexity index is 476. The van der Waals surface area contributed by atoms with Crippen molar-refractivity contribution in [3.63, 3.8) is 0 Å². The first-order valence-electron chi connectivity index (χ1n) is 5.22. The van der Waals surface area contributed by atoms with E-state index in [0.717, 1.165) is 0 Å². The summed E-state index contributed by atoms with van der Waals surface area (Å²) in [5, 5.41) is 4.99. The van der Waals surface area contributed by atoms with Crippen molar-refractivity contribution in [3.05, 3.63) is 35.4 Å². The van der Waals surface area contributed by atoms with Crippen LogP contribution in [-0.4, -0.2) is 30.0 Å². The van der Waals surface area contributed by atoms with E-state index in [2.05, 4.69) is 10.6 Å². The quantitative estimate of drug-likeness (QED) is 0.434. The zero-order valence-corrected chi connectivity index (χ0v) is 10.4. The molecule has 1 aromatic rings. The second kappa shape index (κ2) is 6.55. The largest absolute Gasteiger partial charge is 0.389 e. The highest BCUT2D eigenvalue weighted by molar-refractivity contribution is 7.80. The lowest BCUT2D eigenvalue weighted by Crippen LogP contribution is -2.37. The van der Waals surface area contributed by atoms with Gasteiger partial charge in [0.1, 0.15) is 4.99 Å². The Balaban J connectivity index is 2.53. The number of benzene rings is 1. The van der Waals surface area contributed by atoms with Gasteiger partial charge in [-0.15, -0.1) is 0 Å². The van der Waals surface area contributed by atoms with Crippen molar-refractivity contribution in [1.29, 1.82) is 0 Å². The molecule has 0 heterocycles. The maximum Gasteiger partial charge on any atom is 0.312 e. The third-order valence-corrected chi connectivity index (χ3v) is 2.35. The number of primary amides is 1. The molecule has 0 spiro atoms. The summed E-state index contributed by atoms with van der Waals surface area (Å²) >= 11 is 4.83. The Morgan fingerprint density at radius 2 is 1.72 bits per heavy atom. The molecule has 18 heavy (non-hydrogen) atoms. The van der Waals surface area contributed by atoms with Gasteiger partial charge in [0.2, 0.25) is 0 Å². The van der Waals surface area contributed by atoms with Crippen LogP contribution in [0.2, 0.25) is 0 Å². The molecule has 0 atom stereocenters. The van der Waals surface area contributed by atoms with Crippen molar-refractivity contribution in [2.45, 2.75) is 0 Å². The molecule has 0 aliphatic rings. The monoisotopic (exact) mass is 266 g/mol. The normalized spacial score (nSPS) is 9.56. The molecular formula is C11H14N4O2S. The highest BCUT2D eigenvalue weighted by Gasteiger charge is 2.06. The molecule has 7 heteroatoms. The molecular weight excluding hydrogens is 252 g/mol. The van der Waals surface area contributed by atoms with Crippen molar-refractivity contribution >= 4 is 29.1 Å². The molecule has 6 nitrogen and oxygen atoms in total. The summed E-state index contributed by atoms with van der Waals surface area (Å²) < 4.78 is 0. The van der Waals surface area contributed by atoms with Crippen LogP contribution in [0.3, 0.4) is 0 Å². The summed E-state index contributed by atoms with van der Waals surface area (Å²) in [5.74, 6) is -0.264. The highest BCUT2D eigenvalue weighted by Crippen LogP contribution is 2.04. The summed E-state index contributed by atoms with van der Waals surface area (Å²) in [7, 11) is 0. The van der Waals surface area contributed by atoms with Crippen LogP contribution in [0.1, 0.15) is 15.9 Å². The van der Waals surface area contributed by atoms with E-state index in [9.17, 15) is 9.59 Å². The van der Waals surface area contributed by atoms with Gasteiger partial charge in [0, 0.05) is 24.2 Å². The highest BCUT2D eigenvalue weighted by atomic mass is 32.1. The molecule has 0 aliphatic heterocycles. The predicted octanol–water partition coefficient (Wildman–Crippen LogP) is -0.281. The Labute approximate surface area is 110 Å². The third-order valence-electron chi connectivity index (χ3n) is 2.12. The summed E-state index contributed by atoms with van der Waals surface area (Å²) in [6.45, 7) is 0.565. The van der Waals surface area contributed by atoms with Crippen LogP contribution >= 0.6 is 12.2 Å². The number of rotatable bonds is 5. The van der Waals surface area contributed by atoms with Crippen molar-refractivity contribution in [1.82, 2.24) is 10.6 Å². The third kappa shape index (κ3) is 4.38. The molecule has 0 radical (unpaired) electrons. The van der Waals surface area contributed by atoms with E-state index in [-0.39, 0.29) is 17.4 Å². The smallest absolute Gasteiger partial charge is 0.312 e. The number of nitrogens with two attached hydrogens (primary N) is 2. The fourth-order valence-electron chi connectivity index (χ4n) is 1.28. The number of urea groups is 1. The van der Waals surface area contributed by atoms with E-state index in [1.807, 2.05) is 0 Å². The van der Waals surface area contributed by atoms with Crippen LogP contribution in [-0.2, 0) is 0 Å². The number of carbonyl (C=O) groups excluding carboxylic acids is 2. The molecule has 3 amide bonds. The first-order chi connectivity index (χ1) is 8.50. The van der Waals surface area contributed by atoms with E-state index in [0.29, 0.717) is 17.7 Å². The molecule has 6 N–H and O–H groups in total. The first kappa shape index (κ1) is 13.9. The van der Waals surface area contributed by atoms with E-state index >= 15 is 0 Å². The van der Waals surface area contributed by atoms with Gasteiger partial charge < -0.3 is 22.1 Å². The van der Waals surface area contributed by atoms with Crippen molar-refractivity contribution in [2.24, 2.45) is 11.5 Å². The maximum absolute atomic E-state index is 11.7. The molecule has 96 valence electrons. The Hall–Kier alpha value is -2.15. The minimum Gasteiger partial charge on any atom is -0.389 e. The van der Waals surface area contributed by atoms with Crippen molar-refractivity contribution in [3.8, 4) is 0 Å². The molecule has 0 aliphatic carbocycles. The van der Waals surface area contributed by atoms with Gasteiger partial charge >= 0.3 is 6.03 Å². The van der Waals surface area contributed by atoms with Crippen LogP contribution in [0, 0.1) is 0 Å². The fraction of sp³-hybridized carbons (Fsp3) is 0.182. The van der Waals surface area contributed by atoms with Crippen LogP contribution in [0.4, 0.5) is 4.79 Å². The second-order valence-corrected chi connectivity index (χ2v) is 3.93. The summed E-state index contributed by atoms with van der Waals surface area (Å²) in [6.07, 6.45) is 0. The van der Waals surface area contributed by atoms with Crippen LogP contribution in [0.5, 0.6) is 0 Å². The SMILES string of the molecule is NC(=O)NCCNC(=O)c1cccc(C(N)=S)c1. The molecule has 0 bridgehead atoms. The summed E-state index contributed by atoms with van der Waals surface area (Å²) in [4.78, 5) is 22.4. The minimum atomic E-state index is -0.625. The lowest BCUT2D eigenvalue weighted by Gasteiger charge is -2.06. The number of carbonyl (C=O) groups is 2. The van der Waals surface area contributed by atoms with Crippen LogP contribution in [0.25, 0.3) is 0 Å². The average molecular weight is 266 g/mol. The summed E-state index contributed by atoms with van der Waals surface area (Å²) in [6, 6.07) is 6.07. The van der Waals surface area contributed by atoms with Crippen molar-refractivity contribution in [2.75, 3.05) is 13.1 Å². The lowest BCUT2D eigenvalue weighted by atomic mass is 10.1. The molecule has 0 aromatic heterocycles. The van der Waals surface area contributed by atoms with E-state index in [1.54, 1.807) is 24.3 Å². The van der Waals surface area contributed by atoms with E-state index in [1.165, 1.54) is 0 Å². The van der Waals surface area contributed by atoms with Gasteiger partial charge in [-0.1, -0.05) is 24.4 Å². The molecule has 0 unspecified atom stereocenters. The lowest BCUT2D eigenvalue weighted by molar-refractivity contribution is 0.0954. The van der Waals surface area contributed by atoms with Crippen molar-refractivity contribution < 1.29 is 9.59 Å². The Morgan fingerprint density at radius 1 is 1.11 bits per heavy atom. The van der Waals surface area contributed by atoms with E-state index < -0.39 is 6.03 Å². The van der Waals surface area contributed by atoms with Gasteiger partial charge in [0.25, 0.3) is 5.91 Å². The Morgan fingerprint density at radius 3 is 2.33 bits per heavy atom. The van der Waals surface area contributed by atoms with Crippen LogP contribution in [0.15, 0.2) is 24.3 Å². The van der Waals surface area contributed by atoms with E-state index in [4.69, 9.17) is 23.7 Å². The van der Waals surface area contributed by atoms with Gasteiger partial charge in [-0.05, 0) is 12.1 Å². The molecule has 1 rings (SSSR count). The number of hydrogen-bond donors (Lipinski definition) is 4. The molecule has 0 saturated heterocycles. The predicted molar refractivity (Wildman–Crippen MR) is 72.2 cm³/mol. The maximum atomic E-state index is 11.7. The average Bonchev–Trinajstić information content (AvgIpc) is 2.34. The number of nitrogens with one attached hydrogen (secondary N) is 2. The molecule has 0 fully saturated rings. The van der Waals surface area contributed by atoms with Crippen LogP contribution < -0.4 is 22.1 Å². The molecule has 0 saturated carbocycles. The fourth-order valence-corrected chi connectivity index (χ4v) is 1.40. The van der Waals surface area contributed by atoms with Gasteiger partial charge in [-0.3, -0.25) is 4.79 Å². The van der Waals surface area contributed by atoms with Gasteiger partial charge in [0.15, 0.2) is 0 Å². The topological polar surface area (TPSA) is 110 Å². The standard InChI is InChI=1S/C11H14N4O2S/c12-9(18)7-2-1-3-8(6-7)10(16)14-4-5-15-11(13)17/h1-3,6H,4-5H2,(H2,12,18)(H,14,16)(H3,13,15,17). The minimum absolute atomic E-state index is 0.236. The number of amides is 3. The Kier molecular flexibility index (Phi) is 5.06.